The number of carbonyl (C=O) groups is 5. The van der Waals surface area contributed by atoms with Crippen LogP contribution in [0.3, 0.4) is 0 Å². The topological polar surface area (TPSA) is 156 Å². The summed E-state index contributed by atoms with van der Waals surface area (Å²) in [6.45, 7) is 12.7. The van der Waals surface area contributed by atoms with Crippen LogP contribution in [0.4, 0.5) is 9.59 Å². The fourth-order valence-electron chi connectivity index (χ4n) is 2.78. The Balaban J connectivity index is 2.53. The molecule has 0 saturated carbocycles. The molecule has 0 radical (unpaired) electrons. The number of esters is 3. The maximum absolute atomic E-state index is 12.6. The van der Waals surface area contributed by atoms with E-state index >= 15 is 0 Å². The van der Waals surface area contributed by atoms with Crippen LogP contribution in [0.2, 0.25) is 0 Å². The molecule has 0 aliphatic carbocycles. The van der Waals surface area contributed by atoms with Crippen LogP contribution in [-0.4, -0.2) is 99.0 Å². The molecule has 39 heavy (non-hydrogen) atoms. The number of amides is 1. The Morgan fingerprint density at radius 1 is 0.821 bits per heavy atom. The molecule has 1 saturated heterocycles. The number of morpholine rings is 1. The van der Waals surface area contributed by atoms with Crippen LogP contribution in [-0.2, 0) is 42.8 Å². The van der Waals surface area contributed by atoms with E-state index in [2.05, 4.69) is 10.2 Å². The van der Waals surface area contributed by atoms with Crippen molar-refractivity contribution < 1.29 is 52.4 Å². The summed E-state index contributed by atoms with van der Waals surface area (Å²) in [5, 5.41) is 1.48. The normalized spacial score (nSPS) is 15.0. The first kappa shape index (κ1) is 34.4. The molecule has 1 rings (SSSR count). The van der Waals surface area contributed by atoms with Crippen LogP contribution in [0.25, 0.3) is 0 Å². The van der Waals surface area contributed by atoms with Crippen molar-refractivity contribution >= 4 is 41.1 Å². The highest BCUT2D eigenvalue weighted by Crippen LogP contribution is 2.16. The predicted molar refractivity (Wildman–Crippen MR) is 141 cm³/mol. The highest BCUT2D eigenvalue weighted by atomic mass is 32.2. The smallest absolute Gasteiger partial charge is 0.410 e. The number of hydrogen-bond donors (Lipinski definition) is 1. The average Bonchev–Trinajstić information content (AvgIpc) is 2.85. The fourth-order valence-corrected chi connectivity index (χ4v) is 3.44. The first-order chi connectivity index (χ1) is 18.2. The lowest BCUT2D eigenvalue weighted by atomic mass is 9.97. The molecule has 1 heterocycles. The molecule has 0 spiro atoms. The summed E-state index contributed by atoms with van der Waals surface area (Å²) in [6, 6.07) is -1.26. The molecular formula is C25H42N2O11S. The second kappa shape index (κ2) is 17.2. The van der Waals surface area contributed by atoms with Gasteiger partial charge >= 0.3 is 29.3 Å². The largest absolute Gasteiger partial charge is 0.464 e. The summed E-state index contributed by atoms with van der Waals surface area (Å²) in [5.41, 5.74) is -1.55. The van der Waals surface area contributed by atoms with Gasteiger partial charge in [0.1, 0.15) is 6.04 Å². The van der Waals surface area contributed by atoms with Crippen LogP contribution in [0.5, 0.6) is 0 Å². The molecule has 14 heteroatoms. The summed E-state index contributed by atoms with van der Waals surface area (Å²) in [6.07, 6.45) is 0.372. The van der Waals surface area contributed by atoms with Gasteiger partial charge in [0.05, 0.1) is 30.7 Å². The zero-order valence-electron chi connectivity index (χ0n) is 23.7. The van der Waals surface area contributed by atoms with Gasteiger partial charge in [0.2, 0.25) is 13.6 Å². The zero-order chi connectivity index (χ0) is 29.5. The van der Waals surface area contributed by atoms with E-state index in [4.69, 9.17) is 28.4 Å². The Kier molecular flexibility index (Phi) is 15.2. The van der Waals surface area contributed by atoms with Crippen LogP contribution in [0.1, 0.15) is 54.4 Å². The Morgan fingerprint density at radius 3 is 1.95 bits per heavy atom. The van der Waals surface area contributed by atoms with Crippen LogP contribution in [0, 0.1) is 10.8 Å². The van der Waals surface area contributed by atoms with Gasteiger partial charge in [0, 0.05) is 18.8 Å². The van der Waals surface area contributed by atoms with Gasteiger partial charge < -0.3 is 33.7 Å². The second-order valence-electron chi connectivity index (χ2n) is 10.8. The van der Waals surface area contributed by atoms with Crippen molar-refractivity contribution in [1.82, 2.24) is 10.2 Å². The molecule has 1 N–H and O–H groups in total. The molecule has 1 aliphatic rings. The van der Waals surface area contributed by atoms with Gasteiger partial charge in [-0.3, -0.25) is 14.5 Å². The van der Waals surface area contributed by atoms with Crippen molar-refractivity contribution in [1.29, 1.82) is 0 Å². The minimum atomic E-state index is -1.26. The monoisotopic (exact) mass is 578 g/mol. The van der Waals surface area contributed by atoms with Crippen molar-refractivity contribution in [3.63, 3.8) is 0 Å². The lowest BCUT2D eigenvalue weighted by molar-refractivity contribution is -0.162. The van der Waals surface area contributed by atoms with E-state index < -0.39 is 59.8 Å². The number of nitrogens with one attached hydrogen (secondary N) is 1. The number of unbranched alkanes of at least 4 members (excludes halogenated alkanes) is 1. The second-order valence-corrected chi connectivity index (χ2v) is 11.7. The lowest BCUT2D eigenvalue weighted by Crippen LogP contribution is -2.44. The number of nitrogens with zero attached hydrogens (tertiary/aromatic N) is 1. The summed E-state index contributed by atoms with van der Waals surface area (Å²) < 4.78 is 30.0. The van der Waals surface area contributed by atoms with Crippen molar-refractivity contribution in [2.24, 2.45) is 10.8 Å². The fraction of sp³-hybridized carbons (Fsp3) is 0.800. The SMILES string of the molecule is CC(C)(C)C(=O)OCOC(=O)N[C@@H](CSC(=O)OCOC(=O)C(C)(C)C)C(=O)OCCCCN1CCOCC1. The first-order valence-corrected chi connectivity index (χ1v) is 13.7. The van der Waals surface area contributed by atoms with E-state index in [1.54, 1.807) is 41.5 Å². The van der Waals surface area contributed by atoms with E-state index in [0.29, 0.717) is 31.4 Å². The van der Waals surface area contributed by atoms with Crippen molar-refractivity contribution in [2.45, 2.75) is 60.4 Å². The van der Waals surface area contributed by atoms with Crippen LogP contribution in [0.15, 0.2) is 0 Å². The summed E-state index contributed by atoms with van der Waals surface area (Å²) in [5.74, 6) is -2.14. The molecule has 0 bridgehead atoms. The minimum Gasteiger partial charge on any atom is -0.464 e. The van der Waals surface area contributed by atoms with Gasteiger partial charge in [-0.05, 0) is 72.7 Å². The Morgan fingerprint density at radius 2 is 1.38 bits per heavy atom. The molecule has 0 unspecified atom stereocenters. The first-order valence-electron chi connectivity index (χ1n) is 12.7. The van der Waals surface area contributed by atoms with Crippen LogP contribution < -0.4 is 5.32 Å². The predicted octanol–water partition coefficient (Wildman–Crippen LogP) is 2.70. The maximum atomic E-state index is 12.6. The Labute approximate surface area is 233 Å². The molecule has 0 aromatic carbocycles. The zero-order valence-corrected chi connectivity index (χ0v) is 24.5. The van der Waals surface area contributed by atoms with E-state index in [-0.39, 0.29) is 12.4 Å². The number of carbonyl (C=O) groups excluding carboxylic acids is 5. The standard InChI is InChI=1S/C25H42N2O11S/c1-24(2,3)20(29)35-16-37-22(31)26-18(15-39-23(32)38-17-36-21(30)25(4,5)6)19(28)34-12-8-7-9-27-10-13-33-14-11-27/h18H,7-17H2,1-6H3,(H,26,31)/t18-/m0/s1. The van der Waals surface area contributed by atoms with Crippen molar-refractivity contribution in [2.75, 3.05) is 58.8 Å². The van der Waals surface area contributed by atoms with E-state index in [9.17, 15) is 24.0 Å². The van der Waals surface area contributed by atoms with E-state index in [0.717, 1.165) is 26.1 Å². The van der Waals surface area contributed by atoms with Gasteiger partial charge in [-0.15, -0.1) is 0 Å². The third-order valence-corrected chi connectivity index (χ3v) is 5.99. The molecule has 1 amide bonds. The molecule has 0 aromatic heterocycles. The number of ether oxygens (including phenoxy) is 6. The van der Waals surface area contributed by atoms with Crippen molar-refractivity contribution in [3.05, 3.63) is 0 Å². The highest BCUT2D eigenvalue weighted by molar-refractivity contribution is 8.13. The average molecular weight is 579 g/mol. The summed E-state index contributed by atoms with van der Waals surface area (Å²) in [4.78, 5) is 62.7. The molecule has 1 atom stereocenters. The molecule has 1 fully saturated rings. The highest BCUT2D eigenvalue weighted by Gasteiger charge is 2.27. The Hall–Kier alpha value is -2.58. The minimum absolute atomic E-state index is 0.122. The van der Waals surface area contributed by atoms with Crippen molar-refractivity contribution in [3.8, 4) is 0 Å². The summed E-state index contributed by atoms with van der Waals surface area (Å²) in [7, 11) is 0. The number of rotatable bonds is 13. The Bertz CT molecular complexity index is 818. The van der Waals surface area contributed by atoms with E-state index in [1.165, 1.54) is 0 Å². The molecular weight excluding hydrogens is 536 g/mol. The number of hydrogen-bond acceptors (Lipinski definition) is 13. The lowest BCUT2D eigenvalue weighted by Gasteiger charge is -2.26. The third-order valence-electron chi connectivity index (χ3n) is 5.13. The molecule has 1 aliphatic heterocycles. The third kappa shape index (κ3) is 15.6. The molecule has 13 nitrogen and oxygen atoms in total. The number of thioether (sulfide) groups is 1. The van der Waals surface area contributed by atoms with E-state index in [1.807, 2.05) is 0 Å². The number of alkyl carbamates (subject to hydrolysis) is 1. The van der Waals surface area contributed by atoms with Gasteiger partial charge in [-0.2, -0.15) is 0 Å². The molecule has 0 aromatic rings. The molecule has 224 valence electrons. The van der Waals surface area contributed by atoms with Gasteiger partial charge in [-0.25, -0.2) is 14.4 Å². The quantitative estimate of drug-likeness (QED) is 0.147. The van der Waals surface area contributed by atoms with Gasteiger partial charge in [0.25, 0.3) is 0 Å². The maximum Gasteiger partial charge on any atom is 0.410 e. The summed E-state index contributed by atoms with van der Waals surface area (Å²) >= 11 is 0.581. The van der Waals surface area contributed by atoms with Gasteiger partial charge in [-0.1, -0.05) is 0 Å². The van der Waals surface area contributed by atoms with Crippen LogP contribution >= 0.6 is 11.8 Å². The van der Waals surface area contributed by atoms with Gasteiger partial charge in [0.15, 0.2) is 0 Å².